The molecule has 8 nitrogen and oxygen atoms in total. The first-order valence-electron chi connectivity index (χ1n) is 11.3. The molecule has 2 amide bonds. The van der Waals surface area contributed by atoms with Crippen LogP contribution in [0, 0.1) is 31.6 Å². The van der Waals surface area contributed by atoms with Crippen LogP contribution in [0.2, 0.25) is 0 Å². The van der Waals surface area contributed by atoms with Crippen molar-refractivity contribution < 1.29 is 9.90 Å². The number of hydrogen-bond donors (Lipinski definition) is 3. The lowest BCUT2D eigenvalue weighted by Gasteiger charge is -2.56. The molecule has 168 valence electrons. The summed E-state index contributed by atoms with van der Waals surface area (Å²) in [5.74, 6) is 1.49. The minimum Gasteiger partial charge on any atom is -0.493 e. The van der Waals surface area contributed by atoms with E-state index in [9.17, 15) is 19.5 Å². The van der Waals surface area contributed by atoms with Crippen molar-refractivity contribution in [2.75, 3.05) is 0 Å². The molecule has 8 heteroatoms. The molecule has 4 fully saturated rings. The molecule has 4 saturated carbocycles. The summed E-state index contributed by atoms with van der Waals surface area (Å²) < 4.78 is 1.03. The number of carbonyl (C=O) groups excluding carboxylic acids is 1. The molecule has 6 rings (SSSR count). The van der Waals surface area contributed by atoms with Gasteiger partial charge in [0.1, 0.15) is 5.56 Å². The van der Waals surface area contributed by atoms with Gasteiger partial charge >= 0.3 is 11.7 Å². The lowest BCUT2D eigenvalue weighted by Crippen LogP contribution is -2.59. The summed E-state index contributed by atoms with van der Waals surface area (Å²) in [6, 6.07) is 4.82. The maximum atomic E-state index is 12.7. The third-order valence-corrected chi connectivity index (χ3v) is 7.66. The zero-order valence-corrected chi connectivity index (χ0v) is 18.4. The first-order valence-corrected chi connectivity index (χ1v) is 11.3. The first-order chi connectivity index (χ1) is 15.2. The minimum absolute atomic E-state index is 0.199. The van der Waals surface area contributed by atoms with Gasteiger partial charge in [-0.3, -0.25) is 9.78 Å². The number of amides is 2. The summed E-state index contributed by atoms with van der Waals surface area (Å²) >= 11 is 0. The summed E-state index contributed by atoms with van der Waals surface area (Å²) in [4.78, 5) is 43.6. The summed E-state index contributed by atoms with van der Waals surface area (Å²) in [6.07, 6.45) is 7.81. The van der Waals surface area contributed by atoms with E-state index in [0.717, 1.165) is 41.2 Å². The van der Waals surface area contributed by atoms with Gasteiger partial charge in [-0.25, -0.2) is 19.1 Å². The van der Waals surface area contributed by atoms with E-state index in [-0.39, 0.29) is 11.1 Å². The van der Waals surface area contributed by atoms with Crippen molar-refractivity contribution in [2.45, 2.75) is 57.9 Å². The van der Waals surface area contributed by atoms with Crippen LogP contribution in [0.25, 0.3) is 5.69 Å². The van der Waals surface area contributed by atoms with Crippen molar-refractivity contribution >= 4 is 12.2 Å². The molecule has 32 heavy (non-hydrogen) atoms. The van der Waals surface area contributed by atoms with Gasteiger partial charge in [0.25, 0.3) is 5.56 Å². The number of aromatic amines is 1. The summed E-state index contributed by atoms with van der Waals surface area (Å²) in [6.45, 7) is 3.72. The van der Waals surface area contributed by atoms with Crippen molar-refractivity contribution in [1.82, 2.24) is 14.9 Å². The summed E-state index contributed by atoms with van der Waals surface area (Å²) in [5.41, 5.74) is 0.207. The molecule has 4 bridgehead atoms. The fourth-order valence-corrected chi connectivity index (χ4v) is 6.50. The van der Waals surface area contributed by atoms with Crippen molar-refractivity contribution in [1.29, 1.82) is 0 Å². The Kier molecular flexibility index (Phi) is 4.83. The van der Waals surface area contributed by atoms with Gasteiger partial charge in [0, 0.05) is 5.54 Å². The average Bonchev–Trinajstić information content (AvgIpc) is 2.69. The Morgan fingerprint density at radius 3 is 2.41 bits per heavy atom. The lowest BCUT2D eigenvalue weighted by molar-refractivity contribution is -0.0129. The Labute approximate surface area is 185 Å². The van der Waals surface area contributed by atoms with Gasteiger partial charge in [0.15, 0.2) is 0 Å². The van der Waals surface area contributed by atoms with E-state index in [2.05, 4.69) is 15.3 Å². The number of aryl methyl sites for hydroxylation is 1. The highest BCUT2D eigenvalue weighted by Crippen LogP contribution is 2.55. The van der Waals surface area contributed by atoms with Gasteiger partial charge < -0.3 is 10.4 Å². The normalized spacial score (nSPS) is 28.4. The highest BCUT2D eigenvalue weighted by molar-refractivity contribution is 5.92. The number of nitrogens with zero attached hydrogens (tertiary/aromatic N) is 2. The van der Waals surface area contributed by atoms with Crippen LogP contribution >= 0.6 is 0 Å². The van der Waals surface area contributed by atoms with Crippen LogP contribution in [0.15, 0.2) is 32.8 Å². The smallest absolute Gasteiger partial charge is 0.341 e. The Morgan fingerprint density at radius 1 is 1.16 bits per heavy atom. The monoisotopic (exact) mass is 436 g/mol. The number of aliphatic imine (C=N–C) groups is 1. The number of urea groups is 1. The Morgan fingerprint density at radius 2 is 1.78 bits per heavy atom. The van der Waals surface area contributed by atoms with Crippen molar-refractivity contribution in [3.63, 3.8) is 0 Å². The van der Waals surface area contributed by atoms with E-state index >= 15 is 0 Å². The molecule has 0 spiro atoms. The number of hydrogen-bond acceptors (Lipinski definition) is 4. The van der Waals surface area contributed by atoms with E-state index in [4.69, 9.17) is 0 Å². The predicted molar refractivity (Wildman–Crippen MR) is 121 cm³/mol. The van der Waals surface area contributed by atoms with Gasteiger partial charge in [0.2, 0.25) is 5.88 Å². The molecular formula is C24H28N4O4. The maximum Gasteiger partial charge on any atom is 0.341 e. The number of H-pyrrole nitrogens is 1. The second kappa shape index (κ2) is 7.46. The van der Waals surface area contributed by atoms with E-state index in [1.54, 1.807) is 12.1 Å². The minimum atomic E-state index is -0.791. The highest BCUT2D eigenvalue weighted by atomic mass is 16.3. The highest BCUT2D eigenvalue weighted by Gasteiger charge is 2.51. The van der Waals surface area contributed by atoms with E-state index in [0.29, 0.717) is 23.4 Å². The lowest BCUT2D eigenvalue weighted by atomic mass is 9.53. The third kappa shape index (κ3) is 3.47. The van der Waals surface area contributed by atoms with Crippen LogP contribution in [-0.2, 0) is 0 Å². The molecule has 0 atom stereocenters. The Balaban J connectivity index is 1.43. The van der Waals surface area contributed by atoms with Gasteiger partial charge in [0.05, 0.1) is 11.9 Å². The first kappa shape index (κ1) is 20.7. The molecule has 4 aliphatic rings. The maximum absolute atomic E-state index is 12.7. The fourth-order valence-electron chi connectivity index (χ4n) is 6.50. The second-order valence-electron chi connectivity index (χ2n) is 9.94. The standard InChI is InChI=1S/C24H28N4O4/c1-13-4-3-5-19(14(13)2)28-21(30)18(20(29)26-23(28)32)12-25-22(31)27-24-9-15-6-16(10-24)8-17(7-15)11-24/h3-5,12,15-17,30H,6-11H2,1-2H3,(H,27,31)(H,26,29,32)/b25-12+. The molecule has 3 N–H and O–H groups in total. The molecular weight excluding hydrogens is 408 g/mol. The van der Waals surface area contributed by atoms with Crippen LogP contribution in [0.1, 0.15) is 55.2 Å². The van der Waals surface area contributed by atoms with Gasteiger partial charge in [-0.1, -0.05) is 12.1 Å². The van der Waals surface area contributed by atoms with Crippen molar-refractivity contribution in [3.05, 3.63) is 55.7 Å². The van der Waals surface area contributed by atoms with Crippen LogP contribution in [0.4, 0.5) is 4.79 Å². The molecule has 0 aliphatic heterocycles. The van der Waals surface area contributed by atoms with E-state index in [1.165, 1.54) is 19.3 Å². The summed E-state index contributed by atoms with van der Waals surface area (Å²) in [5, 5.41) is 13.9. The second-order valence-corrected chi connectivity index (χ2v) is 9.94. The molecule has 0 saturated heterocycles. The summed E-state index contributed by atoms with van der Waals surface area (Å²) in [7, 11) is 0. The van der Waals surface area contributed by atoms with Gasteiger partial charge in [-0.2, -0.15) is 0 Å². The molecule has 1 aromatic heterocycles. The van der Waals surface area contributed by atoms with E-state index < -0.39 is 23.2 Å². The topological polar surface area (TPSA) is 117 Å². The number of nitrogens with one attached hydrogen (secondary N) is 2. The SMILES string of the molecule is Cc1cccc(-n2c(O)c(/C=N/C(=O)NC34CC5CC(CC(C5)C3)C4)c(=O)[nH]c2=O)c1C. The van der Waals surface area contributed by atoms with Crippen LogP contribution in [0.5, 0.6) is 5.88 Å². The van der Waals surface area contributed by atoms with Gasteiger partial charge in [-0.05, 0) is 87.3 Å². The molecule has 0 radical (unpaired) electrons. The van der Waals surface area contributed by atoms with Gasteiger partial charge in [-0.15, -0.1) is 0 Å². The number of carbonyl (C=O) groups is 1. The fraction of sp³-hybridized carbons (Fsp3) is 0.500. The largest absolute Gasteiger partial charge is 0.493 e. The zero-order valence-electron chi connectivity index (χ0n) is 18.4. The molecule has 4 aliphatic carbocycles. The molecule has 0 unspecified atom stereocenters. The van der Waals surface area contributed by atoms with Crippen molar-refractivity contribution in [2.24, 2.45) is 22.7 Å². The molecule has 1 aromatic carbocycles. The number of rotatable bonds is 3. The quantitative estimate of drug-likeness (QED) is 0.642. The van der Waals surface area contributed by atoms with Crippen LogP contribution in [-0.4, -0.2) is 32.4 Å². The number of aromatic hydroxyl groups is 1. The van der Waals surface area contributed by atoms with Crippen molar-refractivity contribution in [3.8, 4) is 11.6 Å². The Hall–Kier alpha value is -3.16. The van der Waals surface area contributed by atoms with E-state index in [1.807, 2.05) is 19.9 Å². The van der Waals surface area contributed by atoms with Crippen LogP contribution < -0.4 is 16.6 Å². The number of benzene rings is 1. The number of aromatic nitrogens is 2. The Bertz CT molecular complexity index is 1200. The predicted octanol–water partition coefficient (Wildman–Crippen LogP) is 2.95. The zero-order chi connectivity index (χ0) is 22.6. The molecule has 1 heterocycles. The average molecular weight is 437 g/mol. The van der Waals surface area contributed by atoms with Crippen LogP contribution in [0.3, 0.4) is 0 Å². The third-order valence-electron chi connectivity index (χ3n) is 7.66. The molecule has 2 aromatic rings.